The fourth-order valence-electron chi connectivity index (χ4n) is 3.95. The third-order valence-electron chi connectivity index (χ3n) is 5.78. The van der Waals surface area contributed by atoms with E-state index in [4.69, 9.17) is 0 Å². The number of rotatable bonds is 3. The molecule has 1 aromatic heterocycles. The van der Waals surface area contributed by atoms with E-state index in [0.29, 0.717) is 31.9 Å². The van der Waals surface area contributed by atoms with Gasteiger partial charge in [-0.15, -0.1) is 0 Å². The minimum absolute atomic E-state index is 0.144. The molecule has 2 aliphatic rings. The first-order valence-corrected chi connectivity index (χ1v) is 9.60. The maximum Gasteiger partial charge on any atom is 0.321 e. The summed E-state index contributed by atoms with van der Waals surface area (Å²) in [5.74, 6) is -0.200. The number of carbonyl (C=O) groups excluding carboxylic acids is 2. The molecule has 146 valence electrons. The summed E-state index contributed by atoms with van der Waals surface area (Å²) in [6.07, 6.45) is 6.26. The van der Waals surface area contributed by atoms with Crippen LogP contribution in [0.1, 0.15) is 24.8 Å². The molecule has 0 bridgehead atoms. The Bertz CT molecular complexity index is 844. The summed E-state index contributed by atoms with van der Waals surface area (Å²) >= 11 is 0. The maximum absolute atomic E-state index is 13.2. The molecule has 4 rings (SSSR count). The van der Waals surface area contributed by atoms with E-state index in [-0.39, 0.29) is 17.8 Å². The molecule has 0 atom stereocenters. The van der Waals surface area contributed by atoms with Crippen molar-refractivity contribution in [2.45, 2.75) is 24.7 Å². The molecule has 1 aliphatic heterocycles. The van der Waals surface area contributed by atoms with Crippen LogP contribution in [0.2, 0.25) is 0 Å². The molecule has 0 radical (unpaired) electrons. The Labute approximate surface area is 163 Å². The van der Waals surface area contributed by atoms with Gasteiger partial charge in [-0.25, -0.2) is 9.18 Å². The highest BCUT2D eigenvalue weighted by Crippen LogP contribution is 2.45. The SMILES string of the molecule is O=C(Nc1ccc(F)cc1)N1CCN(C(=O)C2(c3cccnc3)CCC2)CC1. The number of aromatic nitrogens is 1. The fraction of sp³-hybridized carbons (Fsp3) is 0.381. The predicted molar refractivity (Wildman–Crippen MR) is 103 cm³/mol. The van der Waals surface area contributed by atoms with Gasteiger partial charge in [-0.3, -0.25) is 9.78 Å². The van der Waals surface area contributed by atoms with Crippen LogP contribution in [0, 0.1) is 5.82 Å². The highest BCUT2D eigenvalue weighted by Gasteiger charge is 2.48. The van der Waals surface area contributed by atoms with Crippen LogP contribution in [0.5, 0.6) is 0 Å². The number of benzene rings is 1. The van der Waals surface area contributed by atoms with E-state index >= 15 is 0 Å². The van der Waals surface area contributed by atoms with Crippen LogP contribution >= 0.6 is 0 Å². The third-order valence-corrected chi connectivity index (χ3v) is 5.78. The number of pyridine rings is 1. The van der Waals surface area contributed by atoms with E-state index in [9.17, 15) is 14.0 Å². The van der Waals surface area contributed by atoms with Gasteiger partial charge < -0.3 is 15.1 Å². The number of anilines is 1. The highest BCUT2D eigenvalue weighted by atomic mass is 19.1. The van der Waals surface area contributed by atoms with E-state index in [1.54, 1.807) is 17.3 Å². The zero-order valence-corrected chi connectivity index (χ0v) is 15.6. The standard InChI is InChI=1S/C21H23FN4O2/c22-17-4-6-18(7-5-17)24-20(28)26-13-11-25(12-14-26)19(27)21(8-2-9-21)16-3-1-10-23-15-16/h1,3-7,10,15H,2,8-9,11-14H2,(H,24,28). The summed E-state index contributed by atoms with van der Waals surface area (Å²) in [7, 11) is 0. The van der Waals surface area contributed by atoms with E-state index < -0.39 is 5.41 Å². The molecule has 28 heavy (non-hydrogen) atoms. The van der Waals surface area contributed by atoms with Crippen molar-refractivity contribution in [1.82, 2.24) is 14.8 Å². The Morgan fingerprint density at radius 1 is 1.00 bits per heavy atom. The van der Waals surface area contributed by atoms with Crippen molar-refractivity contribution in [2.24, 2.45) is 0 Å². The zero-order chi connectivity index (χ0) is 19.6. The number of urea groups is 1. The van der Waals surface area contributed by atoms with E-state index in [2.05, 4.69) is 10.3 Å². The number of nitrogens with zero attached hydrogens (tertiary/aromatic N) is 3. The van der Waals surface area contributed by atoms with Gasteiger partial charge in [-0.1, -0.05) is 12.5 Å². The summed E-state index contributed by atoms with van der Waals surface area (Å²) in [6.45, 7) is 1.97. The summed E-state index contributed by atoms with van der Waals surface area (Å²) in [5, 5.41) is 2.77. The number of nitrogens with one attached hydrogen (secondary N) is 1. The Balaban J connectivity index is 1.36. The van der Waals surface area contributed by atoms with Crippen molar-refractivity contribution in [3.63, 3.8) is 0 Å². The molecule has 2 heterocycles. The van der Waals surface area contributed by atoms with Crippen molar-refractivity contribution in [2.75, 3.05) is 31.5 Å². The van der Waals surface area contributed by atoms with Crippen LogP contribution in [0.25, 0.3) is 0 Å². The highest BCUT2D eigenvalue weighted by molar-refractivity contribution is 5.91. The second kappa shape index (κ2) is 7.58. The van der Waals surface area contributed by atoms with Crippen LogP contribution < -0.4 is 5.32 Å². The molecular weight excluding hydrogens is 359 g/mol. The van der Waals surface area contributed by atoms with E-state index in [1.165, 1.54) is 24.3 Å². The first kappa shape index (κ1) is 18.4. The Hall–Kier alpha value is -2.96. The molecule has 3 amide bonds. The lowest BCUT2D eigenvalue weighted by Gasteiger charge is -2.45. The van der Waals surface area contributed by atoms with Gasteiger partial charge in [0.15, 0.2) is 0 Å². The average Bonchev–Trinajstić information content (AvgIpc) is 2.70. The lowest BCUT2D eigenvalue weighted by molar-refractivity contribution is -0.142. The van der Waals surface area contributed by atoms with Crippen molar-refractivity contribution >= 4 is 17.6 Å². The summed E-state index contributed by atoms with van der Waals surface area (Å²) in [6, 6.07) is 9.30. The lowest BCUT2D eigenvalue weighted by atomic mass is 9.64. The van der Waals surface area contributed by atoms with Crippen molar-refractivity contribution in [3.05, 3.63) is 60.2 Å². The molecule has 1 saturated heterocycles. The minimum atomic E-state index is -0.452. The van der Waals surface area contributed by atoms with Crippen LogP contribution in [0.4, 0.5) is 14.9 Å². The fourth-order valence-corrected chi connectivity index (χ4v) is 3.95. The van der Waals surface area contributed by atoms with Gasteiger partial charge in [0, 0.05) is 44.3 Å². The molecule has 1 aromatic carbocycles. The van der Waals surface area contributed by atoms with Crippen molar-refractivity contribution in [3.8, 4) is 0 Å². The second-order valence-corrected chi connectivity index (χ2v) is 7.39. The number of hydrogen-bond donors (Lipinski definition) is 1. The van der Waals surface area contributed by atoms with Gasteiger partial charge in [0.2, 0.25) is 5.91 Å². The number of carbonyl (C=O) groups is 2. The van der Waals surface area contributed by atoms with Gasteiger partial charge in [0.25, 0.3) is 0 Å². The van der Waals surface area contributed by atoms with Gasteiger partial charge in [0.1, 0.15) is 5.82 Å². The van der Waals surface area contributed by atoms with Gasteiger partial charge >= 0.3 is 6.03 Å². The normalized spacial score (nSPS) is 18.3. The first-order valence-electron chi connectivity index (χ1n) is 9.60. The molecule has 0 spiro atoms. The predicted octanol–water partition coefficient (Wildman–Crippen LogP) is 3.02. The molecule has 1 saturated carbocycles. The lowest BCUT2D eigenvalue weighted by Crippen LogP contribution is -2.57. The maximum atomic E-state index is 13.2. The average molecular weight is 382 g/mol. The summed E-state index contributed by atoms with van der Waals surface area (Å²) in [5.41, 5.74) is 1.09. The largest absolute Gasteiger partial charge is 0.338 e. The Morgan fingerprint density at radius 3 is 2.25 bits per heavy atom. The minimum Gasteiger partial charge on any atom is -0.338 e. The quantitative estimate of drug-likeness (QED) is 0.887. The molecular formula is C21H23FN4O2. The molecule has 7 heteroatoms. The Kier molecular flexibility index (Phi) is 4.98. The van der Waals surface area contributed by atoms with E-state index in [1.807, 2.05) is 17.0 Å². The van der Waals surface area contributed by atoms with Gasteiger partial charge in [-0.05, 0) is 48.7 Å². The van der Waals surface area contributed by atoms with Crippen LogP contribution in [-0.4, -0.2) is 52.9 Å². The summed E-state index contributed by atoms with van der Waals surface area (Å²) < 4.78 is 13.0. The number of hydrogen-bond acceptors (Lipinski definition) is 3. The smallest absolute Gasteiger partial charge is 0.321 e. The van der Waals surface area contributed by atoms with Gasteiger partial charge in [0.05, 0.1) is 5.41 Å². The molecule has 0 unspecified atom stereocenters. The molecule has 1 aliphatic carbocycles. The Morgan fingerprint density at radius 2 is 1.68 bits per heavy atom. The third kappa shape index (κ3) is 3.44. The van der Waals surface area contributed by atoms with Crippen LogP contribution in [0.3, 0.4) is 0 Å². The number of piperazine rings is 1. The van der Waals surface area contributed by atoms with Crippen molar-refractivity contribution in [1.29, 1.82) is 0 Å². The topological polar surface area (TPSA) is 65.5 Å². The first-order chi connectivity index (χ1) is 13.6. The summed E-state index contributed by atoms with van der Waals surface area (Å²) in [4.78, 5) is 33.4. The molecule has 1 N–H and O–H groups in total. The molecule has 2 fully saturated rings. The monoisotopic (exact) mass is 382 g/mol. The molecule has 6 nitrogen and oxygen atoms in total. The zero-order valence-electron chi connectivity index (χ0n) is 15.6. The van der Waals surface area contributed by atoms with Crippen molar-refractivity contribution < 1.29 is 14.0 Å². The van der Waals surface area contributed by atoms with Gasteiger partial charge in [-0.2, -0.15) is 0 Å². The second-order valence-electron chi connectivity index (χ2n) is 7.39. The molecule has 2 aromatic rings. The number of halogens is 1. The van der Waals surface area contributed by atoms with E-state index in [0.717, 1.165) is 24.8 Å². The number of amides is 3. The van der Waals surface area contributed by atoms with Crippen LogP contribution in [0.15, 0.2) is 48.8 Å². The van der Waals surface area contributed by atoms with Crippen LogP contribution in [-0.2, 0) is 10.2 Å².